The molecule has 1 aromatic carbocycles. The number of ether oxygens (including phenoxy) is 1. The molecule has 2 saturated heterocycles. The molecular weight excluding hydrogens is 326 g/mol. The summed E-state index contributed by atoms with van der Waals surface area (Å²) in [6, 6.07) is 6.53. The smallest absolute Gasteiger partial charge is 0.238 e. The molecule has 2 aliphatic rings. The number of likely N-dealkylation sites (tertiary alicyclic amines) is 1. The van der Waals surface area contributed by atoms with Gasteiger partial charge in [0.2, 0.25) is 5.91 Å². The lowest BCUT2D eigenvalue weighted by Crippen LogP contribution is -2.50. The van der Waals surface area contributed by atoms with Crippen molar-refractivity contribution in [3.05, 3.63) is 29.3 Å². The van der Waals surface area contributed by atoms with Crippen LogP contribution in [0.25, 0.3) is 0 Å². The molecule has 144 valence electrons. The van der Waals surface area contributed by atoms with Crippen molar-refractivity contribution >= 4 is 11.6 Å². The molecular formula is C21H33N3O2. The van der Waals surface area contributed by atoms with Crippen molar-refractivity contribution in [2.75, 3.05) is 38.0 Å². The number of aryl methyl sites for hydroxylation is 1. The molecule has 1 amide bonds. The first-order chi connectivity index (χ1) is 12.4. The predicted octanol–water partition coefficient (Wildman–Crippen LogP) is 2.82. The number of morpholine rings is 1. The Morgan fingerprint density at radius 3 is 2.69 bits per heavy atom. The first-order valence-electron chi connectivity index (χ1n) is 9.90. The average Bonchev–Trinajstić information content (AvgIpc) is 2.97. The maximum absolute atomic E-state index is 12.6. The summed E-state index contributed by atoms with van der Waals surface area (Å²) < 4.78 is 5.84. The fourth-order valence-corrected chi connectivity index (χ4v) is 4.30. The molecule has 0 radical (unpaired) electrons. The van der Waals surface area contributed by atoms with E-state index in [1.54, 1.807) is 0 Å². The van der Waals surface area contributed by atoms with Crippen LogP contribution in [0.3, 0.4) is 0 Å². The van der Waals surface area contributed by atoms with Gasteiger partial charge in [-0.1, -0.05) is 12.1 Å². The zero-order chi connectivity index (χ0) is 18.7. The highest BCUT2D eigenvalue weighted by molar-refractivity contribution is 5.93. The lowest BCUT2D eigenvalue weighted by Gasteiger charge is -2.38. The molecule has 0 saturated carbocycles. The fraction of sp³-hybridized carbons (Fsp3) is 0.667. The van der Waals surface area contributed by atoms with Gasteiger partial charge in [0.25, 0.3) is 0 Å². The highest BCUT2D eigenvalue weighted by Crippen LogP contribution is 2.21. The third-order valence-electron chi connectivity index (χ3n) is 5.69. The Balaban J connectivity index is 1.55. The Hall–Kier alpha value is -1.43. The van der Waals surface area contributed by atoms with Crippen LogP contribution in [-0.4, -0.2) is 66.7 Å². The van der Waals surface area contributed by atoms with Crippen LogP contribution in [0, 0.1) is 13.8 Å². The number of amides is 1. The molecule has 5 heteroatoms. The summed E-state index contributed by atoms with van der Waals surface area (Å²) in [5.74, 6) is 0.0920. The van der Waals surface area contributed by atoms with Crippen molar-refractivity contribution in [3.63, 3.8) is 0 Å². The summed E-state index contributed by atoms with van der Waals surface area (Å²) in [7, 11) is 0. The SMILES string of the molecule is Cc1cccc(NC(=O)CN2CCCC2CN2CC(C)OC(C)C2)c1C. The van der Waals surface area contributed by atoms with E-state index in [1.807, 2.05) is 12.1 Å². The minimum absolute atomic E-state index is 0.0920. The molecule has 0 aliphatic carbocycles. The molecule has 3 unspecified atom stereocenters. The van der Waals surface area contributed by atoms with Gasteiger partial charge in [0.15, 0.2) is 0 Å². The van der Waals surface area contributed by atoms with Crippen molar-refractivity contribution in [2.45, 2.75) is 58.8 Å². The van der Waals surface area contributed by atoms with Crippen LogP contribution in [0.5, 0.6) is 0 Å². The second-order valence-electron chi connectivity index (χ2n) is 8.04. The third kappa shape index (κ3) is 4.84. The number of benzene rings is 1. The Morgan fingerprint density at radius 1 is 1.23 bits per heavy atom. The van der Waals surface area contributed by atoms with Gasteiger partial charge in [-0.25, -0.2) is 0 Å². The first kappa shape index (κ1) is 19.3. The van der Waals surface area contributed by atoms with Gasteiger partial charge in [-0.05, 0) is 64.3 Å². The van der Waals surface area contributed by atoms with Gasteiger partial charge in [0.05, 0.1) is 18.8 Å². The molecule has 3 atom stereocenters. The van der Waals surface area contributed by atoms with Crippen molar-refractivity contribution in [2.24, 2.45) is 0 Å². The Kier molecular flexibility index (Phi) is 6.33. The quantitative estimate of drug-likeness (QED) is 0.878. The second kappa shape index (κ2) is 8.51. The van der Waals surface area contributed by atoms with Crippen molar-refractivity contribution in [1.29, 1.82) is 0 Å². The second-order valence-corrected chi connectivity index (χ2v) is 8.04. The predicted molar refractivity (Wildman–Crippen MR) is 106 cm³/mol. The van der Waals surface area contributed by atoms with Crippen LogP contribution in [0.4, 0.5) is 5.69 Å². The molecule has 0 aromatic heterocycles. The number of hydrogen-bond donors (Lipinski definition) is 1. The number of anilines is 1. The Morgan fingerprint density at radius 2 is 1.96 bits per heavy atom. The summed E-state index contributed by atoms with van der Waals surface area (Å²) in [6.45, 7) is 12.9. The first-order valence-corrected chi connectivity index (χ1v) is 9.90. The van der Waals surface area contributed by atoms with Crippen LogP contribution >= 0.6 is 0 Å². The topological polar surface area (TPSA) is 44.8 Å². The zero-order valence-corrected chi connectivity index (χ0v) is 16.6. The van der Waals surface area contributed by atoms with Gasteiger partial charge >= 0.3 is 0 Å². The fourth-order valence-electron chi connectivity index (χ4n) is 4.30. The molecule has 2 fully saturated rings. The van der Waals surface area contributed by atoms with Gasteiger partial charge in [-0.3, -0.25) is 14.6 Å². The van der Waals surface area contributed by atoms with Crippen LogP contribution in [0.15, 0.2) is 18.2 Å². The van der Waals surface area contributed by atoms with Gasteiger partial charge in [0.1, 0.15) is 0 Å². The summed E-state index contributed by atoms with van der Waals surface area (Å²) in [6.07, 6.45) is 2.94. The summed E-state index contributed by atoms with van der Waals surface area (Å²) in [5.41, 5.74) is 3.29. The number of carbonyl (C=O) groups is 1. The standard InChI is InChI=1S/C21H33N3O2/c1-15-7-5-9-20(18(15)4)22-21(25)14-24-10-6-8-19(24)13-23-11-16(2)26-17(3)12-23/h5,7,9,16-17,19H,6,8,10-14H2,1-4H3,(H,22,25). The van der Waals surface area contributed by atoms with Crippen LogP contribution in [0.2, 0.25) is 0 Å². The molecule has 1 N–H and O–H groups in total. The minimum Gasteiger partial charge on any atom is -0.373 e. The van der Waals surface area contributed by atoms with E-state index in [2.05, 4.69) is 48.9 Å². The van der Waals surface area contributed by atoms with Gasteiger partial charge in [-0.2, -0.15) is 0 Å². The van der Waals surface area contributed by atoms with E-state index in [0.29, 0.717) is 24.8 Å². The monoisotopic (exact) mass is 359 g/mol. The van der Waals surface area contributed by atoms with E-state index >= 15 is 0 Å². The molecule has 0 bridgehead atoms. The summed E-state index contributed by atoms with van der Waals surface area (Å²) in [4.78, 5) is 17.4. The van der Waals surface area contributed by atoms with E-state index in [1.165, 1.54) is 18.4 Å². The van der Waals surface area contributed by atoms with E-state index in [-0.39, 0.29) is 5.91 Å². The largest absolute Gasteiger partial charge is 0.373 e. The highest BCUT2D eigenvalue weighted by atomic mass is 16.5. The van der Waals surface area contributed by atoms with Crippen LogP contribution < -0.4 is 5.32 Å². The lowest BCUT2D eigenvalue weighted by atomic mass is 10.1. The highest BCUT2D eigenvalue weighted by Gasteiger charge is 2.30. The maximum Gasteiger partial charge on any atom is 0.238 e. The molecule has 3 rings (SSSR count). The zero-order valence-electron chi connectivity index (χ0n) is 16.6. The van der Waals surface area contributed by atoms with Gasteiger partial charge in [-0.15, -0.1) is 0 Å². The van der Waals surface area contributed by atoms with Crippen LogP contribution in [0.1, 0.15) is 37.8 Å². The molecule has 2 heterocycles. The molecule has 0 spiro atoms. The number of nitrogens with one attached hydrogen (secondary N) is 1. The number of carbonyl (C=O) groups excluding carboxylic acids is 1. The van der Waals surface area contributed by atoms with Crippen molar-refractivity contribution in [1.82, 2.24) is 9.80 Å². The lowest BCUT2D eigenvalue weighted by molar-refractivity contribution is -0.117. The van der Waals surface area contributed by atoms with Gasteiger partial charge in [0, 0.05) is 31.4 Å². The molecule has 1 aromatic rings. The normalized spacial score (nSPS) is 27.6. The van der Waals surface area contributed by atoms with E-state index < -0.39 is 0 Å². The number of hydrogen-bond acceptors (Lipinski definition) is 4. The average molecular weight is 360 g/mol. The minimum atomic E-state index is 0.0920. The number of nitrogens with zero attached hydrogens (tertiary/aromatic N) is 2. The van der Waals surface area contributed by atoms with Gasteiger partial charge < -0.3 is 10.1 Å². The molecule has 26 heavy (non-hydrogen) atoms. The number of rotatable bonds is 5. The molecule has 2 aliphatic heterocycles. The summed E-state index contributed by atoms with van der Waals surface area (Å²) in [5, 5.41) is 3.10. The van der Waals surface area contributed by atoms with E-state index in [4.69, 9.17) is 4.74 Å². The van der Waals surface area contributed by atoms with E-state index in [9.17, 15) is 4.79 Å². The van der Waals surface area contributed by atoms with Crippen molar-refractivity contribution < 1.29 is 9.53 Å². The Labute approximate surface area is 157 Å². The van der Waals surface area contributed by atoms with E-state index in [0.717, 1.165) is 37.4 Å². The van der Waals surface area contributed by atoms with Crippen LogP contribution in [-0.2, 0) is 9.53 Å². The summed E-state index contributed by atoms with van der Waals surface area (Å²) >= 11 is 0. The maximum atomic E-state index is 12.6. The molecule has 5 nitrogen and oxygen atoms in total. The van der Waals surface area contributed by atoms with Crippen molar-refractivity contribution in [3.8, 4) is 0 Å². The Bertz CT molecular complexity index is 624. The third-order valence-corrected chi connectivity index (χ3v) is 5.69.